The van der Waals surface area contributed by atoms with E-state index in [4.69, 9.17) is 8.83 Å². The lowest BCUT2D eigenvalue weighted by molar-refractivity contribution is -0.0508. The second-order valence-corrected chi connectivity index (χ2v) is 48.8. The molecule has 130 heavy (non-hydrogen) atoms. The zero-order chi connectivity index (χ0) is 96.3. The molecule has 3 aromatic carbocycles. The van der Waals surface area contributed by atoms with E-state index < -0.39 is 56.0 Å². The van der Waals surface area contributed by atoms with E-state index in [0.717, 1.165) is 169 Å². The quantitative estimate of drug-likeness (QED) is 0.0231. The van der Waals surface area contributed by atoms with Gasteiger partial charge in [0.05, 0.1) is 0 Å². The summed E-state index contributed by atoms with van der Waals surface area (Å²) in [4.78, 5) is 42.8. The second kappa shape index (κ2) is 67.7. The highest BCUT2D eigenvalue weighted by molar-refractivity contribution is 7.66. The van der Waals surface area contributed by atoms with Gasteiger partial charge in [0.25, 0.3) is 0 Å². The summed E-state index contributed by atoms with van der Waals surface area (Å²) in [5.41, 5.74) is 5.45. The van der Waals surface area contributed by atoms with Crippen molar-refractivity contribution in [3.63, 3.8) is 0 Å². The van der Waals surface area contributed by atoms with Crippen LogP contribution in [0.3, 0.4) is 0 Å². The van der Waals surface area contributed by atoms with Crippen molar-refractivity contribution in [2.24, 2.45) is 11.3 Å². The van der Waals surface area contributed by atoms with Crippen molar-refractivity contribution in [2.45, 2.75) is 614 Å². The van der Waals surface area contributed by atoms with Crippen LogP contribution in [0.1, 0.15) is 616 Å². The highest BCUT2D eigenvalue weighted by atomic mass is 31.3. The standard InChI is InChI=1S/C115H211O12P3/c1-19-25-31-37-43-49-55-61-67-73-79-85-100(86-80-74-68-62-56-50-44-38-32-26-20-2)114(89-83-77-71-65-59-53-47-41-35-29-23-5,101-96-106(112(16,17)18)109(93-99(101)9)125-129(121,122)127-130(123,124)126-128(118,119)120)113(87-81-75-69-63-57-51-45-39-33-27-21-3,88-82-76-70-64-58-52-46-40-34-28-22-4)115(90-84-78-72-66-60-54-48-42-36-30-24-6,102-94-104(110(10,11)12)107(116)91-97(102)7)103-95-105(111(13,14)15)108(117)92-98(103)8/h91-96,100,116-117H,19-90H2,1-18H3,(H,121,122)(H,123,124)(H2,118,119,120). The first-order valence-electron chi connectivity index (χ1n) is 55.6. The molecular formula is C115H211O12P3. The van der Waals surface area contributed by atoms with Crippen LogP contribution in [0.15, 0.2) is 36.4 Å². The molecule has 0 radical (unpaired) electrons. The summed E-state index contributed by atoms with van der Waals surface area (Å²) in [6, 6.07) is 13.8. The first kappa shape index (κ1) is 122. The van der Waals surface area contributed by atoms with Gasteiger partial charge in [-0.25, -0.2) is 13.7 Å². The van der Waals surface area contributed by atoms with E-state index >= 15 is 0 Å². The molecule has 3 aromatic rings. The fourth-order valence-electron chi connectivity index (χ4n) is 22.8. The van der Waals surface area contributed by atoms with Crippen molar-refractivity contribution >= 4 is 23.5 Å². The Bertz CT molecular complexity index is 3400. The van der Waals surface area contributed by atoms with Gasteiger partial charge in [-0.2, -0.15) is 8.62 Å². The van der Waals surface area contributed by atoms with Crippen LogP contribution in [0.25, 0.3) is 0 Å². The molecule has 0 spiro atoms. The molecule has 0 amide bonds. The predicted molar refractivity (Wildman–Crippen MR) is 562 cm³/mol. The lowest BCUT2D eigenvalue weighted by Crippen LogP contribution is -2.63. The maximum Gasteiger partial charge on any atom is 0.536 e. The molecule has 15 heteroatoms. The molecule has 0 fully saturated rings. The fourth-order valence-corrected chi connectivity index (χ4v) is 25.8. The first-order valence-corrected chi connectivity index (χ1v) is 60.2. The maximum absolute atomic E-state index is 14.9. The average Bonchev–Trinajstić information content (AvgIpc) is 0.672. The number of benzene rings is 3. The third kappa shape index (κ3) is 46.5. The number of phosphoric acid groups is 3. The zero-order valence-electron chi connectivity index (χ0n) is 88.4. The summed E-state index contributed by atoms with van der Waals surface area (Å²) in [6.07, 6.45) is 86.1. The normalized spacial score (nSPS) is 14.1. The molecule has 0 aliphatic carbocycles. The lowest BCUT2D eigenvalue weighted by atomic mass is 9.37. The van der Waals surface area contributed by atoms with Gasteiger partial charge < -0.3 is 29.4 Å². The van der Waals surface area contributed by atoms with Gasteiger partial charge >= 0.3 is 23.5 Å². The van der Waals surface area contributed by atoms with Crippen LogP contribution in [0.2, 0.25) is 0 Å². The molecule has 0 aliphatic heterocycles. The molecule has 3 atom stereocenters. The smallest absolute Gasteiger partial charge is 0.508 e. The number of aromatic hydroxyl groups is 2. The lowest BCUT2D eigenvalue weighted by Gasteiger charge is -2.66. The summed E-state index contributed by atoms with van der Waals surface area (Å²) in [5, 5.41) is 26.2. The molecule has 6 N–H and O–H groups in total. The van der Waals surface area contributed by atoms with Crippen LogP contribution in [0, 0.1) is 32.1 Å². The van der Waals surface area contributed by atoms with E-state index in [9.17, 15) is 43.5 Å². The van der Waals surface area contributed by atoms with E-state index in [-0.39, 0.29) is 11.7 Å². The molecule has 0 saturated heterocycles. The van der Waals surface area contributed by atoms with E-state index in [1.165, 1.54) is 338 Å². The first-order chi connectivity index (χ1) is 62.0. The molecule has 758 valence electrons. The monoisotopic (exact) mass is 1880 g/mol. The SMILES string of the molecule is CCCCCCCCCCCCCC(CCCCCCCCCCCCC)C(CCCCCCCCCCCCC)(c1cc(C(C)(C)C)c(OP(=O)(O)OP(=O)(O)OP(=O)(O)O)cc1C)C(CCCCCCCCCCCCC)(CCCCCCCCCCCCC)C(CCCCCCCCCCCCC)(c1cc(C(C)(C)C)c(O)cc1C)c1cc(C(C)(C)C)c(O)cc1C. The number of hydrogen-bond donors (Lipinski definition) is 6. The predicted octanol–water partition coefficient (Wildman–Crippen LogP) is 39.7. The Labute approximate surface area is 804 Å². The number of hydrogen-bond acceptors (Lipinski definition) is 8. The summed E-state index contributed by atoms with van der Waals surface area (Å²) in [6.45, 7) is 40.8. The molecule has 0 saturated carbocycles. The average molecular weight is 1880 g/mol. The molecule has 3 rings (SSSR count). The molecular weight excluding hydrogens is 1670 g/mol. The number of rotatable bonds is 84. The van der Waals surface area contributed by atoms with Crippen LogP contribution < -0.4 is 4.52 Å². The summed E-state index contributed by atoms with van der Waals surface area (Å²) >= 11 is 0. The van der Waals surface area contributed by atoms with E-state index in [0.29, 0.717) is 17.1 Å². The number of aryl methyl sites for hydroxylation is 3. The minimum absolute atomic E-state index is 0.00594. The highest BCUT2D eigenvalue weighted by Gasteiger charge is 2.66. The Morgan fingerprint density at radius 2 is 0.492 bits per heavy atom. The Morgan fingerprint density at radius 3 is 0.754 bits per heavy atom. The van der Waals surface area contributed by atoms with Gasteiger partial charge in [0.1, 0.15) is 17.2 Å². The largest absolute Gasteiger partial charge is 0.536 e. The third-order valence-corrected chi connectivity index (χ3v) is 33.6. The molecule has 3 unspecified atom stereocenters. The van der Waals surface area contributed by atoms with Crippen LogP contribution >= 0.6 is 23.5 Å². The summed E-state index contributed by atoms with van der Waals surface area (Å²) in [7, 11) is -17.4. The highest BCUT2D eigenvalue weighted by Crippen LogP contribution is 2.72. The third-order valence-electron chi connectivity index (χ3n) is 29.9. The molecule has 12 nitrogen and oxygen atoms in total. The fraction of sp³-hybridized carbons (Fsp3) is 0.843. The number of unbranched alkanes of at least 4 members (excludes halogenated alkanes) is 60. The van der Waals surface area contributed by atoms with Crippen LogP contribution in [-0.4, -0.2) is 29.8 Å². The Kier molecular flexibility index (Phi) is 63.4. The number of phosphoric ester groups is 1. The zero-order valence-corrected chi connectivity index (χ0v) is 91.1. The van der Waals surface area contributed by atoms with Gasteiger partial charge in [-0.05, 0) is 150 Å². The van der Waals surface area contributed by atoms with Gasteiger partial charge in [0.15, 0.2) is 0 Å². The van der Waals surface area contributed by atoms with Crippen molar-refractivity contribution in [1.29, 1.82) is 0 Å². The van der Waals surface area contributed by atoms with Crippen molar-refractivity contribution in [2.75, 3.05) is 0 Å². The maximum atomic E-state index is 14.9. The van der Waals surface area contributed by atoms with Crippen molar-refractivity contribution < 1.29 is 56.6 Å². The minimum Gasteiger partial charge on any atom is -0.508 e. The van der Waals surface area contributed by atoms with Gasteiger partial charge in [-0.1, -0.05) is 546 Å². The Hall–Kier alpha value is -2.49. The number of phenols is 2. The van der Waals surface area contributed by atoms with Gasteiger partial charge in [0, 0.05) is 16.4 Å². The van der Waals surface area contributed by atoms with Crippen molar-refractivity contribution in [3.05, 3.63) is 86.5 Å². The summed E-state index contributed by atoms with van der Waals surface area (Å²) < 4.78 is 56.3. The molecule has 0 heterocycles. The molecule has 0 aliphatic rings. The van der Waals surface area contributed by atoms with E-state index in [1.807, 2.05) is 6.07 Å². The van der Waals surface area contributed by atoms with Crippen molar-refractivity contribution in [1.82, 2.24) is 0 Å². The van der Waals surface area contributed by atoms with Gasteiger partial charge in [0.2, 0.25) is 0 Å². The Morgan fingerprint density at radius 1 is 0.262 bits per heavy atom. The number of phenolic OH excluding ortho intramolecular Hbond substituents is 2. The topological polar surface area (TPSA) is 200 Å². The van der Waals surface area contributed by atoms with Crippen LogP contribution in [0.4, 0.5) is 0 Å². The second-order valence-electron chi connectivity index (χ2n) is 44.4. The van der Waals surface area contributed by atoms with Crippen molar-refractivity contribution in [3.8, 4) is 17.2 Å². The molecule has 0 aromatic heterocycles. The molecule has 0 bridgehead atoms. The van der Waals surface area contributed by atoms with Crippen LogP contribution in [0.5, 0.6) is 17.2 Å². The van der Waals surface area contributed by atoms with E-state index in [1.54, 1.807) is 0 Å². The summed E-state index contributed by atoms with van der Waals surface area (Å²) in [5.74, 6) is 0.742. The van der Waals surface area contributed by atoms with E-state index in [2.05, 4.69) is 159 Å². The van der Waals surface area contributed by atoms with Crippen LogP contribution in [-0.2, 0) is 49.4 Å². The van der Waals surface area contributed by atoms with Gasteiger partial charge in [-0.15, -0.1) is 0 Å². The minimum atomic E-state index is -5.93. The Balaban J connectivity index is 3.17. The van der Waals surface area contributed by atoms with Gasteiger partial charge in [-0.3, -0.25) is 4.89 Å².